The summed E-state index contributed by atoms with van der Waals surface area (Å²) < 4.78 is 42.9. The Kier molecular flexibility index (Phi) is 14.8. The van der Waals surface area contributed by atoms with Crippen LogP contribution in [0.15, 0.2) is 35.9 Å². The Morgan fingerprint density at radius 2 is 1.32 bits per heavy atom. The van der Waals surface area contributed by atoms with Crippen molar-refractivity contribution in [3.05, 3.63) is 35.9 Å². The van der Waals surface area contributed by atoms with Crippen LogP contribution >= 0.6 is 0 Å². The zero-order chi connectivity index (χ0) is 52.2. The molecule has 17 nitrogen and oxygen atoms in total. The number of allylic oxidation sites excluding steroid dienone is 2. The molecule has 3 saturated heterocycles. The first-order valence-electron chi connectivity index (χ1n) is 26.7. The summed E-state index contributed by atoms with van der Waals surface area (Å²) in [6.07, 6.45) is -11.0. The Balaban J connectivity index is 0.979. The summed E-state index contributed by atoms with van der Waals surface area (Å²) in [6.45, 7) is 19.0. The molecule has 1 aromatic carbocycles. The number of aliphatic hydroxyl groups excluding tert-OH is 8. The molecule has 3 aliphatic heterocycles. The summed E-state index contributed by atoms with van der Waals surface area (Å²) in [6, 6.07) is 7.63. The topological polar surface area (TPSA) is 256 Å². The number of aliphatic hydroxyl groups is 8. The maximum atomic E-state index is 14.8. The number of carbonyl (C=O) groups is 1. The molecule has 4 saturated carbocycles. The highest BCUT2D eigenvalue weighted by Crippen LogP contribution is 2.76. The minimum Gasteiger partial charge on any atom is -0.497 e. The predicted molar refractivity (Wildman–Crippen MR) is 262 cm³/mol. The lowest BCUT2D eigenvalue weighted by molar-refractivity contribution is -0.393. The minimum atomic E-state index is -1.74. The fourth-order valence-electron chi connectivity index (χ4n) is 16.0. The highest BCUT2D eigenvalue weighted by Gasteiger charge is 2.70. The van der Waals surface area contributed by atoms with E-state index in [0.29, 0.717) is 18.1 Å². The van der Waals surface area contributed by atoms with E-state index in [2.05, 4.69) is 59.9 Å². The fraction of sp³-hybridized carbons (Fsp3) is 0.836. The maximum absolute atomic E-state index is 14.8. The Morgan fingerprint density at radius 3 is 1.94 bits per heavy atom. The van der Waals surface area contributed by atoms with Crippen LogP contribution in [0.2, 0.25) is 0 Å². The lowest BCUT2D eigenvalue weighted by Crippen LogP contribution is -2.68. The number of rotatable bonds is 10. The molecular formula is C55H85NO16. The Hall–Kier alpha value is -2.33. The second kappa shape index (κ2) is 19.6. The van der Waals surface area contributed by atoms with E-state index in [1.807, 2.05) is 24.3 Å². The molecule has 0 spiro atoms. The van der Waals surface area contributed by atoms with Gasteiger partial charge >= 0.3 is 0 Å². The van der Waals surface area contributed by atoms with Gasteiger partial charge in [-0.2, -0.15) is 0 Å². The molecule has 1 amide bonds. The van der Waals surface area contributed by atoms with Gasteiger partial charge in [-0.05, 0) is 135 Å². The van der Waals surface area contributed by atoms with E-state index < -0.39 is 116 Å². The van der Waals surface area contributed by atoms with Crippen LogP contribution in [-0.2, 0) is 33.2 Å². The van der Waals surface area contributed by atoms with Crippen molar-refractivity contribution in [2.45, 2.75) is 225 Å². The fourth-order valence-corrected chi connectivity index (χ4v) is 16.0. The molecule has 9 N–H and O–H groups in total. The molecule has 0 radical (unpaired) electrons. The monoisotopic (exact) mass is 1020 g/mol. The van der Waals surface area contributed by atoms with Crippen molar-refractivity contribution in [2.24, 2.45) is 50.2 Å². The molecule has 0 unspecified atom stereocenters. The van der Waals surface area contributed by atoms with E-state index in [-0.39, 0.29) is 39.4 Å². The molecule has 3 heterocycles. The average molecular weight is 1020 g/mol. The number of nitrogens with one attached hydrogen (secondary N) is 1. The Labute approximate surface area is 424 Å². The summed E-state index contributed by atoms with van der Waals surface area (Å²) in [5, 5.41) is 90.5. The molecule has 9 rings (SSSR count). The van der Waals surface area contributed by atoms with Crippen LogP contribution < -0.4 is 10.1 Å². The van der Waals surface area contributed by atoms with Crippen LogP contribution in [0, 0.1) is 50.2 Å². The van der Waals surface area contributed by atoms with Gasteiger partial charge in [-0.25, -0.2) is 0 Å². The van der Waals surface area contributed by atoms with Crippen molar-refractivity contribution in [2.75, 3.05) is 19.0 Å². The third kappa shape index (κ3) is 8.82. The van der Waals surface area contributed by atoms with Crippen LogP contribution in [0.25, 0.3) is 0 Å². The van der Waals surface area contributed by atoms with Gasteiger partial charge in [0.05, 0.1) is 37.4 Å². The van der Waals surface area contributed by atoms with Gasteiger partial charge in [-0.3, -0.25) is 4.79 Å². The number of ether oxygens (including phenoxy) is 7. The zero-order valence-electron chi connectivity index (χ0n) is 44.0. The number of fused-ring (bicyclic) bond motifs is 7. The quantitative estimate of drug-likeness (QED) is 0.117. The van der Waals surface area contributed by atoms with Gasteiger partial charge in [-0.1, -0.05) is 66.2 Å². The molecule has 17 heteroatoms. The van der Waals surface area contributed by atoms with Crippen LogP contribution in [0.1, 0.15) is 127 Å². The van der Waals surface area contributed by atoms with Crippen molar-refractivity contribution < 1.29 is 78.8 Å². The Bertz CT molecular complexity index is 2160. The SMILES string of the molecule is COc1cccc(NC(=O)[C@]23CCC(C)(C)C[C@H]2C2=CC[C@@H]4[C@@]5(C)CC[C@H](O[C@@H]6O[C@H](CO)[C@@H](O[C@@H]7O[C@@H](C)[C@H](O)[C@@H](O)[C@H]7O)[C@H](O)[C@H]6O[C@@H]6O[C@@H](C)[C@H](O)[C@@H](O)[C@H]6O)C(C)(C)[C@@H]5CC[C@@]4(C)[C@]2(C)CC3)c1. The van der Waals surface area contributed by atoms with Crippen molar-refractivity contribution >= 4 is 11.6 Å². The Morgan fingerprint density at radius 1 is 0.694 bits per heavy atom. The molecule has 72 heavy (non-hydrogen) atoms. The highest BCUT2D eigenvalue weighted by molar-refractivity contribution is 5.96. The van der Waals surface area contributed by atoms with Crippen molar-refractivity contribution in [1.82, 2.24) is 0 Å². The second-order valence-electron chi connectivity index (χ2n) is 25.3. The molecule has 0 bridgehead atoms. The highest BCUT2D eigenvalue weighted by atomic mass is 16.8. The number of carbonyl (C=O) groups excluding carboxylic acids is 1. The summed E-state index contributed by atoms with van der Waals surface area (Å²) in [7, 11) is 1.64. The van der Waals surface area contributed by atoms with E-state index >= 15 is 0 Å². The molecule has 5 aliphatic carbocycles. The van der Waals surface area contributed by atoms with Crippen LogP contribution in [0.4, 0.5) is 5.69 Å². The first-order chi connectivity index (χ1) is 33.8. The van der Waals surface area contributed by atoms with E-state index in [1.54, 1.807) is 7.11 Å². The van der Waals surface area contributed by atoms with E-state index in [9.17, 15) is 45.6 Å². The lowest BCUT2D eigenvalue weighted by atomic mass is 9.33. The van der Waals surface area contributed by atoms with Gasteiger partial charge in [0.2, 0.25) is 5.91 Å². The summed E-state index contributed by atoms with van der Waals surface area (Å²) in [5.41, 5.74) is 1.04. The zero-order valence-corrected chi connectivity index (χ0v) is 44.0. The van der Waals surface area contributed by atoms with Crippen LogP contribution in [0.5, 0.6) is 5.75 Å². The third-order valence-corrected chi connectivity index (χ3v) is 20.7. The van der Waals surface area contributed by atoms with Gasteiger partial charge in [0, 0.05) is 11.8 Å². The lowest BCUT2D eigenvalue weighted by Gasteiger charge is -2.71. The normalized spacial score (nSPS) is 49.8. The number of benzene rings is 1. The first-order valence-corrected chi connectivity index (χ1v) is 26.7. The molecular weight excluding hydrogens is 931 g/mol. The summed E-state index contributed by atoms with van der Waals surface area (Å²) >= 11 is 0. The van der Waals surface area contributed by atoms with Crippen molar-refractivity contribution in [3.63, 3.8) is 0 Å². The predicted octanol–water partition coefficient (Wildman–Crippen LogP) is 4.32. The van der Waals surface area contributed by atoms with Gasteiger partial charge < -0.3 is 79.3 Å². The van der Waals surface area contributed by atoms with Gasteiger partial charge in [0.1, 0.15) is 66.8 Å². The third-order valence-electron chi connectivity index (χ3n) is 20.7. The minimum absolute atomic E-state index is 0.0559. The van der Waals surface area contributed by atoms with Gasteiger partial charge in [0.15, 0.2) is 18.9 Å². The van der Waals surface area contributed by atoms with E-state index in [4.69, 9.17) is 33.2 Å². The number of methoxy groups -OCH3 is 1. The molecule has 406 valence electrons. The van der Waals surface area contributed by atoms with Crippen molar-refractivity contribution in [1.29, 1.82) is 0 Å². The van der Waals surface area contributed by atoms with Crippen LogP contribution in [-0.4, -0.2) is 159 Å². The van der Waals surface area contributed by atoms with E-state index in [1.165, 1.54) is 19.4 Å². The van der Waals surface area contributed by atoms with Gasteiger partial charge in [-0.15, -0.1) is 0 Å². The van der Waals surface area contributed by atoms with Crippen LogP contribution in [0.3, 0.4) is 0 Å². The van der Waals surface area contributed by atoms with E-state index in [0.717, 1.165) is 63.5 Å². The number of anilines is 1. The molecule has 8 aliphatic rings. The first kappa shape index (κ1) is 54.5. The molecule has 7 fully saturated rings. The molecule has 0 aromatic heterocycles. The molecule has 23 atom stereocenters. The maximum Gasteiger partial charge on any atom is 0.231 e. The largest absolute Gasteiger partial charge is 0.497 e. The smallest absolute Gasteiger partial charge is 0.231 e. The second-order valence-corrected chi connectivity index (χ2v) is 25.3. The standard InChI is InChI=1S/C55H85NO16/c1-27-37(58)39(60)41(62)46(67-27)71-44-33(26-57)69-48(45(43(44)64)72-47-42(63)40(61)38(59)28(2)68-47)70-36-17-18-52(7)34(51(36,5)6)16-19-54(9)35(52)15-14-31-32-25-50(3,4)20-22-55(32,23-21-53(31,54)8)49(65)56-29-12-11-13-30(24-29)66-10/h11-14,24,27-28,32-48,57-64H,15-23,25-26H2,1-10H3,(H,56,65)/t27-,28-,32-,33+,34-,35+,36-,37-,38-,39+,40+,41+,42+,43-,44+,45+,46-,47-,48-,52-,53+,54+,55-/m0/s1. The van der Waals surface area contributed by atoms with Gasteiger partial charge in [0.25, 0.3) is 0 Å². The summed E-state index contributed by atoms with van der Waals surface area (Å²) in [4.78, 5) is 14.8. The summed E-state index contributed by atoms with van der Waals surface area (Å²) in [5.74, 6) is 1.45. The number of hydrogen-bond donors (Lipinski definition) is 9. The molecule has 1 aromatic rings. The van der Waals surface area contributed by atoms with Crippen molar-refractivity contribution in [3.8, 4) is 5.75 Å². The number of amides is 1. The average Bonchev–Trinajstić information content (AvgIpc) is 3.33. The number of hydrogen-bond acceptors (Lipinski definition) is 16.